The number of rotatable bonds is 8. The summed E-state index contributed by atoms with van der Waals surface area (Å²) in [5.41, 5.74) is 0.445. The minimum absolute atomic E-state index is 0.0646. The normalized spacial score (nSPS) is 10.9. The van der Waals surface area contributed by atoms with Crippen molar-refractivity contribution in [3.8, 4) is 5.75 Å². The number of hydrogen-bond donors (Lipinski definition) is 3. The molecule has 0 bridgehead atoms. The molecule has 3 aromatic rings. The highest BCUT2D eigenvalue weighted by Gasteiger charge is 2.18. The van der Waals surface area contributed by atoms with Gasteiger partial charge >= 0.3 is 5.97 Å². The lowest BCUT2D eigenvalue weighted by molar-refractivity contribution is 0.0698. The summed E-state index contributed by atoms with van der Waals surface area (Å²) in [4.78, 5) is 23.8. The highest BCUT2D eigenvalue weighted by molar-refractivity contribution is 7.92. The van der Waals surface area contributed by atoms with Gasteiger partial charge in [0.15, 0.2) is 0 Å². The summed E-state index contributed by atoms with van der Waals surface area (Å²) in [6.07, 6.45) is 0. The Morgan fingerprint density at radius 1 is 0.968 bits per heavy atom. The van der Waals surface area contributed by atoms with Crippen LogP contribution in [0.2, 0.25) is 0 Å². The fraction of sp³-hybridized carbons (Fsp3) is 0.0909. The van der Waals surface area contributed by atoms with E-state index >= 15 is 0 Å². The van der Waals surface area contributed by atoms with Crippen molar-refractivity contribution in [1.29, 1.82) is 0 Å². The molecule has 0 atom stereocenters. The van der Waals surface area contributed by atoms with E-state index in [1.54, 1.807) is 36.4 Å². The highest BCUT2D eigenvalue weighted by atomic mass is 32.2. The van der Waals surface area contributed by atoms with E-state index in [1.807, 2.05) is 6.92 Å². The van der Waals surface area contributed by atoms with E-state index in [-0.39, 0.29) is 21.7 Å². The molecule has 3 rings (SSSR count). The number of sulfonamides is 1. The molecular formula is C22H20N2O6S. The van der Waals surface area contributed by atoms with Crippen molar-refractivity contribution in [3.63, 3.8) is 0 Å². The van der Waals surface area contributed by atoms with Crippen molar-refractivity contribution in [2.45, 2.75) is 11.8 Å². The number of carbonyl (C=O) groups excluding carboxylic acids is 1. The fourth-order valence-electron chi connectivity index (χ4n) is 2.78. The Morgan fingerprint density at radius 2 is 1.68 bits per heavy atom. The minimum atomic E-state index is -3.95. The summed E-state index contributed by atoms with van der Waals surface area (Å²) in [5.74, 6) is -1.20. The van der Waals surface area contributed by atoms with E-state index in [1.165, 1.54) is 36.4 Å². The number of nitrogens with one attached hydrogen (secondary N) is 2. The maximum atomic E-state index is 12.7. The van der Waals surface area contributed by atoms with Crippen LogP contribution in [0.1, 0.15) is 27.6 Å². The van der Waals surface area contributed by atoms with Crippen molar-refractivity contribution in [1.82, 2.24) is 0 Å². The van der Waals surface area contributed by atoms with Crippen LogP contribution in [0.25, 0.3) is 0 Å². The molecule has 8 nitrogen and oxygen atoms in total. The Hall–Kier alpha value is -3.85. The summed E-state index contributed by atoms with van der Waals surface area (Å²) in [7, 11) is -3.95. The lowest BCUT2D eigenvalue weighted by Crippen LogP contribution is -2.17. The van der Waals surface area contributed by atoms with Gasteiger partial charge in [0.2, 0.25) is 0 Å². The molecule has 0 spiro atoms. The van der Waals surface area contributed by atoms with Crippen molar-refractivity contribution < 1.29 is 27.9 Å². The first-order valence-electron chi connectivity index (χ1n) is 9.29. The van der Waals surface area contributed by atoms with Gasteiger partial charge in [-0.1, -0.05) is 18.2 Å². The van der Waals surface area contributed by atoms with E-state index in [0.717, 1.165) is 0 Å². The molecule has 3 N–H and O–H groups in total. The SMILES string of the molecule is CCOc1ccc(NS(=O)(=O)c2cccc(C(=O)Nc3ccccc3C(=O)O)c2)cc1. The smallest absolute Gasteiger partial charge is 0.337 e. The number of benzene rings is 3. The van der Waals surface area contributed by atoms with E-state index < -0.39 is 21.9 Å². The minimum Gasteiger partial charge on any atom is -0.494 e. The average molecular weight is 440 g/mol. The van der Waals surface area contributed by atoms with Crippen LogP contribution < -0.4 is 14.8 Å². The van der Waals surface area contributed by atoms with E-state index in [2.05, 4.69) is 10.0 Å². The Labute approximate surface area is 179 Å². The van der Waals surface area contributed by atoms with Gasteiger partial charge in [0.1, 0.15) is 5.75 Å². The van der Waals surface area contributed by atoms with Gasteiger partial charge in [-0.25, -0.2) is 13.2 Å². The molecule has 0 fully saturated rings. The summed E-state index contributed by atoms with van der Waals surface area (Å²) in [6, 6.07) is 17.8. The molecule has 0 aliphatic carbocycles. The molecule has 0 heterocycles. The zero-order valence-electron chi connectivity index (χ0n) is 16.5. The molecule has 0 aliphatic rings. The quantitative estimate of drug-likeness (QED) is 0.489. The van der Waals surface area contributed by atoms with Gasteiger partial charge in [-0.15, -0.1) is 0 Å². The van der Waals surface area contributed by atoms with Crippen LogP contribution in [-0.4, -0.2) is 32.0 Å². The predicted molar refractivity (Wildman–Crippen MR) is 116 cm³/mol. The molecule has 3 aromatic carbocycles. The Balaban J connectivity index is 1.80. The summed E-state index contributed by atoms with van der Waals surface area (Å²) >= 11 is 0. The predicted octanol–water partition coefficient (Wildman–Crippen LogP) is 3.84. The molecule has 0 unspecified atom stereocenters. The number of aromatic carboxylic acids is 1. The summed E-state index contributed by atoms with van der Waals surface area (Å²) in [6.45, 7) is 2.34. The second-order valence-corrected chi connectivity index (χ2v) is 8.08. The Morgan fingerprint density at radius 3 is 2.35 bits per heavy atom. The Bertz CT molecular complexity index is 1210. The van der Waals surface area contributed by atoms with Gasteiger partial charge in [0.25, 0.3) is 15.9 Å². The van der Waals surface area contributed by atoms with Gasteiger partial charge in [-0.3, -0.25) is 9.52 Å². The third-order valence-corrected chi connectivity index (χ3v) is 5.61. The zero-order valence-corrected chi connectivity index (χ0v) is 17.3. The fourth-order valence-corrected chi connectivity index (χ4v) is 3.88. The van der Waals surface area contributed by atoms with Gasteiger partial charge in [-0.2, -0.15) is 0 Å². The molecule has 1 amide bonds. The van der Waals surface area contributed by atoms with Crippen LogP contribution in [0.15, 0.2) is 77.7 Å². The van der Waals surface area contributed by atoms with E-state index in [0.29, 0.717) is 18.0 Å². The number of amides is 1. The molecule has 0 radical (unpaired) electrons. The van der Waals surface area contributed by atoms with Crippen LogP contribution in [-0.2, 0) is 10.0 Å². The van der Waals surface area contributed by atoms with E-state index in [4.69, 9.17) is 4.74 Å². The zero-order chi connectivity index (χ0) is 22.4. The lowest BCUT2D eigenvalue weighted by Gasteiger charge is -2.11. The third kappa shape index (κ3) is 5.40. The van der Waals surface area contributed by atoms with Crippen molar-refractivity contribution in [2.75, 3.05) is 16.6 Å². The molecule has 0 aromatic heterocycles. The van der Waals surface area contributed by atoms with Crippen molar-refractivity contribution in [3.05, 3.63) is 83.9 Å². The second-order valence-electron chi connectivity index (χ2n) is 6.40. The van der Waals surface area contributed by atoms with Gasteiger partial charge < -0.3 is 15.2 Å². The topological polar surface area (TPSA) is 122 Å². The molecule has 31 heavy (non-hydrogen) atoms. The number of carbonyl (C=O) groups is 2. The third-order valence-electron chi connectivity index (χ3n) is 4.23. The molecule has 0 aliphatic heterocycles. The molecule has 9 heteroatoms. The maximum Gasteiger partial charge on any atom is 0.337 e. The van der Waals surface area contributed by atoms with Crippen LogP contribution in [0.5, 0.6) is 5.75 Å². The van der Waals surface area contributed by atoms with Crippen LogP contribution in [0, 0.1) is 0 Å². The van der Waals surface area contributed by atoms with Gasteiger partial charge in [0, 0.05) is 11.3 Å². The number of para-hydroxylation sites is 1. The monoisotopic (exact) mass is 440 g/mol. The number of carboxylic acid groups (broad SMARTS) is 1. The van der Waals surface area contributed by atoms with Crippen LogP contribution in [0.3, 0.4) is 0 Å². The maximum absolute atomic E-state index is 12.7. The second kappa shape index (κ2) is 9.31. The molecule has 0 saturated carbocycles. The molecular weight excluding hydrogens is 420 g/mol. The first-order valence-corrected chi connectivity index (χ1v) is 10.8. The molecule has 0 saturated heterocycles. The van der Waals surface area contributed by atoms with E-state index in [9.17, 15) is 23.1 Å². The largest absolute Gasteiger partial charge is 0.494 e. The summed E-state index contributed by atoms with van der Waals surface area (Å²) in [5, 5.41) is 11.7. The lowest BCUT2D eigenvalue weighted by atomic mass is 10.1. The summed E-state index contributed by atoms with van der Waals surface area (Å²) < 4.78 is 33.3. The number of anilines is 2. The van der Waals surface area contributed by atoms with Crippen molar-refractivity contribution in [2.24, 2.45) is 0 Å². The number of carboxylic acids is 1. The Kier molecular flexibility index (Phi) is 6.56. The van der Waals surface area contributed by atoms with Gasteiger partial charge in [-0.05, 0) is 61.5 Å². The van der Waals surface area contributed by atoms with Crippen molar-refractivity contribution >= 4 is 33.3 Å². The first kappa shape index (κ1) is 21.8. The van der Waals surface area contributed by atoms with Crippen LogP contribution in [0.4, 0.5) is 11.4 Å². The van der Waals surface area contributed by atoms with Gasteiger partial charge in [0.05, 0.1) is 22.8 Å². The standard InChI is InChI=1S/C22H20N2O6S/c1-2-30-17-12-10-16(11-13-17)24-31(28,29)18-7-5-6-15(14-18)21(25)23-20-9-4-3-8-19(20)22(26)27/h3-14,24H,2H2,1H3,(H,23,25)(H,26,27). The molecule has 160 valence electrons. The average Bonchev–Trinajstić information content (AvgIpc) is 2.75. The highest BCUT2D eigenvalue weighted by Crippen LogP contribution is 2.21. The number of ether oxygens (including phenoxy) is 1. The van der Waals surface area contributed by atoms with Crippen LogP contribution >= 0.6 is 0 Å². The first-order chi connectivity index (χ1) is 14.8. The number of hydrogen-bond acceptors (Lipinski definition) is 5.